The third-order valence-electron chi connectivity index (χ3n) is 8.23. The molecule has 0 amide bonds. The Bertz CT molecular complexity index is 2040. The van der Waals surface area contributed by atoms with E-state index in [9.17, 15) is 10.4 Å². The average molecular weight is 544 g/mol. The molecule has 7 rings (SSSR count). The average Bonchev–Trinajstić information content (AvgIpc) is 3.39. The molecule has 1 aliphatic rings. The maximum atomic E-state index is 11.8. The van der Waals surface area contributed by atoms with Crippen molar-refractivity contribution in [3.63, 3.8) is 0 Å². The monoisotopic (exact) mass is 543 g/mol. The van der Waals surface area contributed by atoms with Gasteiger partial charge in [-0.1, -0.05) is 78.9 Å². The predicted molar refractivity (Wildman–Crippen MR) is 172 cm³/mol. The van der Waals surface area contributed by atoms with Gasteiger partial charge in [0.1, 0.15) is 5.75 Å². The van der Waals surface area contributed by atoms with Crippen LogP contribution in [-0.4, -0.2) is 16.7 Å². The van der Waals surface area contributed by atoms with Crippen molar-refractivity contribution in [1.82, 2.24) is 4.57 Å². The van der Waals surface area contributed by atoms with Gasteiger partial charge in [-0.25, -0.2) is 0 Å². The highest BCUT2D eigenvalue weighted by Gasteiger charge is 2.21. The van der Waals surface area contributed by atoms with Gasteiger partial charge in [0.25, 0.3) is 0 Å². The molecule has 42 heavy (non-hydrogen) atoms. The van der Waals surface area contributed by atoms with Crippen molar-refractivity contribution in [2.24, 2.45) is 0 Å². The Morgan fingerprint density at radius 2 is 1.52 bits per heavy atom. The molecule has 4 heteroatoms. The maximum Gasteiger partial charge on any atom is 0.147 e. The first-order valence-corrected chi connectivity index (χ1v) is 14.2. The number of aromatic hydroxyl groups is 1. The van der Waals surface area contributed by atoms with Crippen LogP contribution in [-0.2, 0) is 6.42 Å². The van der Waals surface area contributed by atoms with Crippen LogP contribution in [0.4, 0.5) is 11.4 Å². The van der Waals surface area contributed by atoms with Crippen molar-refractivity contribution in [3.8, 4) is 39.8 Å². The maximum absolute atomic E-state index is 11.8. The number of rotatable bonds is 5. The first kappa shape index (κ1) is 25.4. The summed E-state index contributed by atoms with van der Waals surface area (Å²) >= 11 is 0. The Hall–Kier alpha value is -5.53. The van der Waals surface area contributed by atoms with Gasteiger partial charge in [0, 0.05) is 40.6 Å². The van der Waals surface area contributed by atoms with Crippen molar-refractivity contribution in [2.75, 3.05) is 11.9 Å². The van der Waals surface area contributed by atoms with E-state index in [1.165, 1.54) is 10.9 Å². The van der Waals surface area contributed by atoms with Gasteiger partial charge >= 0.3 is 0 Å². The van der Waals surface area contributed by atoms with Gasteiger partial charge in [0.15, 0.2) is 0 Å². The summed E-state index contributed by atoms with van der Waals surface area (Å²) in [6, 6.07) is 40.9. The van der Waals surface area contributed by atoms with Crippen LogP contribution in [0, 0.1) is 11.3 Å². The highest BCUT2D eigenvalue weighted by molar-refractivity contribution is 5.92. The molecular formula is C38H29N3O. The first-order valence-electron chi connectivity index (χ1n) is 14.2. The second-order valence-corrected chi connectivity index (χ2v) is 10.6. The minimum absolute atomic E-state index is 0.258. The summed E-state index contributed by atoms with van der Waals surface area (Å²) in [7, 11) is 2.05. The lowest BCUT2D eigenvalue weighted by Crippen LogP contribution is -2.10. The van der Waals surface area contributed by atoms with Crippen LogP contribution in [0.15, 0.2) is 121 Å². The molecule has 0 aliphatic heterocycles. The van der Waals surface area contributed by atoms with E-state index in [2.05, 4.69) is 76.2 Å². The molecule has 202 valence electrons. The fourth-order valence-corrected chi connectivity index (χ4v) is 6.18. The largest absolute Gasteiger partial charge is 0.505 e. The minimum atomic E-state index is 0.258. The Morgan fingerprint density at radius 1 is 0.786 bits per heavy atom. The van der Waals surface area contributed by atoms with Gasteiger partial charge in [-0.2, -0.15) is 5.26 Å². The second-order valence-electron chi connectivity index (χ2n) is 10.6. The summed E-state index contributed by atoms with van der Waals surface area (Å²) in [6.45, 7) is 0. The van der Waals surface area contributed by atoms with Gasteiger partial charge in [-0.05, 0) is 78.1 Å². The number of fused-ring (bicyclic) bond motifs is 3. The third-order valence-corrected chi connectivity index (χ3v) is 8.23. The molecule has 0 bridgehead atoms. The number of allylic oxidation sites excluding steroid dienone is 1. The summed E-state index contributed by atoms with van der Waals surface area (Å²) in [5, 5.41) is 22.5. The normalized spacial score (nSPS) is 12.2. The number of aryl methyl sites for hydroxylation is 1. The summed E-state index contributed by atoms with van der Waals surface area (Å²) in [6.07, 6.45) is 6.42. The number of nitrogens with zero attached hydrogens (tertiary/aromatic N) is 3. The molecule has 0 atom stereocenters. The zero-order valence-corrected chi connectivity index (χ0v) is 23.3. The number of para-hydroxylation sites is 3. The Labute approximate surface area is 245 Å². The lowest BCUT2D eigenvalue weighted by atomic mass is 9.99. The van der Waals surface area contributed by atoms with Crippen LogP contribution in [0.25, 0.3) is 44.9 Å². The van der Waals surface area contributed by atoms with Crippen molar-refractivity contribution in [3.05, 3.63) is 138 Å². The summed E-state index contributed by atoms with van der Waals surface area (Å²) in [5.74, 6) is 0.258. The number of hydrogen-bond acceptors (Lipinski definition) is 3. The Balaban J connectivity index is 1.31. The molecular weight excluding hydrogens is 514 g/mol. The van der Waals surface area contributed by atoms with E-state index in [4.69, 9.17) is 0 Å². The number of phenols is 1. The summed E-state index contributed by atoms with van der Waals surface area (Å²) in [5.41, 5.74) is 10.8. The Kier molecular flexibility index (Phi) is 6.34. The van der Waals surface area contributed by atoms with E-state index in [0.29, 0.717) is 5.56 Å². The molecule has 0 radical (unpaired) electrons. The van der Waals surface area contributed by atoms with Crippen LogP contribution in [0.1, 0.15) is 23.2 Å². The zero-order valence-electron chi connectivity index (χ0n) is 23.3. The van der Waals surface area contributed by atoms with Gasteiger partial charge in [-0.15, -0.1) is 0 Å². The SMILES string of the molecule is CN(c1cccc(-c2cccc(-n3c4c(c5ccccc53)CCC=C4)c2O)c1)c1ccccc1-c1cccc(C#N)c1. The first-order chi connectivity index (χ1) is 20.6. The molecule has 6 aromatic rings. The molecule has 1 heterocycles. The molecule has 0 unspecified atom stereocenters. The smallest absolute Gasteiger partial charge is 0.147 e. The molecule has 1 N–H and O–H groups in total. The third kappa shape index (κ3) is 4.24. The lowest BCUT2D eigenvalue weighted by molar-refractivity contribution is 0.474. The molecule has 5 aromatic carbocycles. The predicted octanol–water partition coefficient (Wildman–Crippen LogP) is 9.27. The van der Waals surface area contributed by atoms with Crippen molar-refractivity contribution >= 4 is 28.4 Å². The van der Waals surface area contributed by atoms with Crippen LogP contribution >= 0.6 is 0 Å². The van der Waals surface area contributed by atoms with Crippen molar-refractivity contribution in [2.45, 2.75) is 12.8 Å². The van der Waals surface area contributed by atoms with Gasteiger partial charge in [-0.3, -0.25) is 0 Å². The molecule has 4 nitrogen and oxygen atoms in total. The topological polar surface area (TPSA) is 52.2 Å². The van der Waals surface area contributed by atoms with Gasteiger partial charge in [0.05, 0.1) is 22.8 Å². The van der Waals surface area contributed by atoms with Crippen LogP contribution in [0.5, 0.6) is 5.75 Å². The van der Waals surface area contributed by atoms with E-state index in [0.717, 1.165) is 63.4 Å². The van der Waals surface area contributed by atoms with E-state index >= 15 is 0 Å². The minimum Gasteiger partial charge on any atom is -0.505 e. The number of hydrogen-bond donors (Lipinski definition) is 1. The van der Waals surface area contributed by atoms with Crippen LogP contribution < -0.4 is 4.90 Å². The fourth-order valence-electron chi connectivity index (χ4n) is 6.18. The van der Waals surface area contributed by atoms with E-state index in [1.54, 1.807) is 0 Å². The second kappa shape index (κ2) is 10.5. The number of aromatic nitrogens is 1. The number of phenolic OH excluding ortho intramolecular Hbond substituents is 1. The van der Waals surface area contributed by atoms with Crippen molar-refractivity contribution in [1.29, 1.82) is 5.26 Å². The molecule has 0 spiro atoms. The zero-order chi connectivity index (χ0) is 28.6. The standard InChI is InChI=1S/C38H29N3O/c1-40(34-19-5-2-15-30(34)27-12-8-11-26(23-27)25-39)29-14-9-13-28(24-29)31-18-10-22-37(38(31)42)41-35-20-6-3-16-32(35)33-17-4-7-21-36(33)41/h2-3,5-16,18-24,42H,4,17H2,1H3. The van der Waals surface area contributed by atoms with E-state index in [1.807, 2.05) is 73.8 Å². The van der Waals surface area contributed by atoms with Crippen LogP contribution in [0.3, 0.4) is 0 Å². The van der Waals surface area contributed by atoms with Crippen molar-refractivity contribution < 1.29 is 5.11 Å². The quantitative estimate of drug-likeness (QED) is 0.236. The number of benzene rings is 5. The lowest BCUT2D eigenvalue weighted by Gasteiger charge is -2.24. The number of anilines is 2. The van der Waals surface area contributed by atoms with E-state index < -0.39 is 0 Å². The fraction of sp³-hybridized carbons (Fsp3) is 0.0789. The molecule has 1 aliphatic carbocycles. The van der Waals surface area contributed by atoms with Gasteiger partial charge < -0.3 is 14.6 Å². The molecule has 1 aromatic heterocycles. The Morgan fingerprint density at radius 3 is 2.40 bits per heavy atom. The van der Waals surface area contributed by atoms with Gasteiger partial charge in [0.2, 0.25) is 0 Å². The van der Waals surface area contributed by atoms with E-state index in [-0.39, 0.29) is 5.75 Å². The highest BCUT2D eigenvalue weighted by atomic mass is 16.3. The van der Waals surface area contributed by atoms with Crippen LogP contribution in [0.2, 0.25) is 0 Å². The molecule has 0 fully saturated rings. The highest BCUT2D eigenvalue weighted by Crippen LogP contribution is 2.42. The summed E-state index contributed by atoms with van der Waals surface area (Å²) < 4.78 is 2.20. The molecule has 0 saturated carbocycles. The summed E-state index contributed by atoms with van der Waals surface area (Å²) in [4.78, 5) is 2.15. The number of nitriles is 1. The molecule has 0 saturated heterocycles.